The fourth-order valence-corrected chi connectivity index (χ4v) is 4.02. The van der Waals surface area contributed by atoms with Crippen LogP contribution in [-0.4, -0.2) is 33.9 Å². The SMILES string of the molecule is CCOC(=O)C(=O)C1=C(C)c2ccc(OC)cc2S1(=O)=O. The largest absolute Gasteiger partial charge is 0.497 e. The lowest BCUT2D eigenvalue weighted by Crippen LogP contribution is -2.23. The van der Waals surface area contributed by atoms with Crippen molar-refractivity contribution in [2.75, 3.05) is 13.7 Å². The Labute approximate surface area is 122 Å². The van der Waals surface area contributed by atoms with Gasteiger partial charge in [-0.1, -0.05) is 0 Å². The molecule has 2 rings (SSSR count). The molecule has 0 N–H and O–H groups in total. The van der Waals surface area contributed by atoms with Gasteiger partial charge in [-0.25, -0.2) is 13.2 Å². The Balaban J connectivity index is 2.58. The third kappa shape index (κ3) is 2.33. The summed E-state index contributed by atoms with van der Waals surface area (Å²) >= 11 is 0. The first-order valence-electron chi connectivity index (χ1n) is 6.20. The van der Waals surface area contributed by atoms with Crippen LogP contribution in [0.25, 0.3) is 5.57 Å². The van der Waals surface area contributed by atoms with Gasteiger partial charge in [-0.15, -0.1) is 0 Å². The van der Waals surface area contributed by atoms with Crippen LogP contribution < -0.4 is 4.74 Å². The summed E-state index contributed by atoms with van der Waals surface area (Å²) in [5, 5.41) is 0. The number of carbonyl (C=O) groups excluding carboxylic acids is 2. The maximum atomic E-state index is 12.5. The highest BCUT2D eigenvalue weighted by atomic mass is 32.2. The molecule has 0 bridgehead atoms. The van der Waals surface area contributed by atoms with Crippen molar-refractivity contribution in [3.05, 3.63) is 28.7 Å². The molecular formula is C14H14O6S. The average Bonchev–Trinajstić information content (AvgIpc) is 2.65. The zero-order valence-corrected chi connectivity index (χ0v) is 12.6. The molecule has 0 unspecified atom stereocenters. The number of esters is 1. The van der Waals surface area contributed by atoms with Gasteiger partial charge in [0, 0.05) is 0 Å². The second-order valence-electron chi connectivity index (χ2n) is 4.37. The van der Waals surface area contributed by atoms with Crippen LogP contribution in [0.4, 0.5) is 0 Å². The van der Waals surface area contributed by atoms with E-state index >= 15 is 0 Å². The minimum Gasteiger partial charge on any atom is -0.497 e. The number of hydrogen-bond donors (Lipinski definition) is 0. The molecule has 0 aromatic heterocycles. The van der Waals surface area contributed by atoms with Gasteiger partial charge in [-0.3, -0.25) is 4.79 Å². The van der Waals surface area contributed by atoms with E-state index in [2.05, 4.69) is 4.74 Å². The molecule has 7 heteroatoms. The highest BCUT2D eigenvalue weighted by molar-refractivity contribution is 7.97. The van der Waals surface area contributed by atoms with Gasteiger partial charge >= 0.3 is 5.97 Å². The maximum Gasteiger partial charge on any atom is 0.380 e. The van der Waals surface area contributed by atoms with E-state index in [0.717, 1.165) is 0 Å². The summed E-state index contributed by atoms with van der Waals surface area (Å²) in [5.41, 5.74) is 0.633. The number of rotatable bonds is 4. The average molecular weight is 310 g/mol. The summed E-state index contributed by atoms with van der Waals surface area (Å²) in [4.78, 5) is 23.0. The summed E-state index contributed by atoms with van der Waals surface area (Å²) < 4.78 is 34.5. The molecule has 1 heterocycles. The molecule has 0 saturated carbocycles. The van der Waals surface area contributed by atoms with Gasteiger partial charge in [-0.2, -0.15) is 0 Å². The Bertz CT molecular complexity index is 758. The van der Waals surface area contributed by atoms with Crippen LogP contribution in [0.1, 0.15) is 19.4 Å². The molecule has 6 nitrogen and oxygen atoms in total. The van der Waals surface area contributed by atoms with Gasteiger partial charge in [0.25, 0.3) is 5.78 Å². The molecule has 0 atom stereocenters. The first-order valence-corrected chi connectivity index (χ1v) is 7.68. The monoisotopic (exact) mass is 310 g/mol. The van der Waals surface area contributed by atoms with Crippen molar-refractivity contribution in [2.45, 2.75) is 18.7 Å². The van der Waals surface area contributed by atoms with Crippen LogP contribution in [0.3, 0.4) is 0 Å². The van der Waals surface area contributed by atoms with Crippen molar-refractivity contribution in [1.82, 2.24) is 0 Å². The van der Waals surface area contributed by atoms with Crippen molar-refractivity contribution in [1.29, 1.82) is 0 Å². The summed E-state index contributed by atoms with van der Waals surface area (Å²) in [7, 11) is -2.63. The quantitative estimate of drug-likeness (QED) is 0.616. The van der Waals surface area contributed by atoms with Gasteiger partial charge in [0.2, 0.25) is 9.84 Å². The van der Waals surface area contributed by atoms with Crippen LogP contribution in [0.15, 0.2) is 28.0 Å². The van der Waals surface area contributed by atoms with Gasteiger partial charge in [0.1, 0.15) is 10.7 Å². The van der Waals surface area contributed by atoms with Gasteiger partial charge in [-0.05, 0) is 43.2 Å². The number of hydrogen-bond acceptors (Lipinski definition) is 6. The van der Waals surface area contributed by atoms with Gasteiger partial charge in [0.15, 0.2) is 0 Å². The summed E-state index contributed by atoms with van der Waals surface area (Å²) in [6.45, 7) is 3.02. The number of benzene rings is 1. The van der Waals surface area contributed by atoms with Crippen molar-refractivity contribution in [3.63, 3.8) is 0 Å². The van der Waals surface area contributed by atoms with Gasteiger partial charge in [0.05, 0.1) is 18.6 Å². The minimum atomic E-state index is -4.04. The van der Waals surface area contributed by atoms with E-state index in [-0.39, 0.29) is 17.1 Å². The van der Waals surface area contributed by atoms with Crippen LogP contribution in [0, 0.1) is 0 Å². The van der Waals surface area contributed by atoms with Crippen molar-refractivity contribution in [3.8, 4) is 5.75 Å². The number of fused-ring (bicyclic) bond motifs is 1. The lowest BCUT2D eigenvalue weighted by molar-refractivity contribution is -0.151. The number of carbonyl (C=O) groups is 2. The zero-order chi connectivity index (χ0) is 15.8. The molecule has 21 heavy (non-hydrogen) atoms. The molecule has 1 aromatic carbocycles. The Morgan fingerprint density at radius 1 is 1.24 bits per heavy atom. The Morgan fingerprint density at radius 2 is 1.90 bits per heavy atom. The Kier molecular flexibility index (Phi) is 3.87. The number of methoxy groups -OCH3 is 1. The molecule has 1 aliphatic heterocycles. The first-order chi connectivity index (χ1) is 9.84. The first kappa shape index (κ1) is 15.2. The summed E-state index contributed by atoms with van der Waals surface area (Å²) in [5.74, 6) is -1.96. The highest BCUT2D eigenvalue weighted by Gasteiger charge is 2.41. The molecule has 1 aromatic rings. The molecule has 1 aliphatic rings. The molecule has 0 spiro atoms. The second-order valence-corrected chi connectivity index (χ2v) is 6.22. The molecule has 0 saturated heterocycles. The summed E-state index contributed by atoms with van der Waals surface area (Å²) in [6, 6.07) is 4.47. The molecule has 0 radical (unpaired) electrons. The molecule has 0 aliphatic carbocycles. The van der Waals surface area contributed by atoms with E-state index in [0.29, 0.717) is 11.3 Å². The standard InChI is InChI=1S/C14H14O6S/c1-4-20-14(16)12(15)13-8(2)10-6-5-9(19-3)7-11(10)21(13,17)18/h5-7H,4H2,1-3H3. The van der Waals surface area contributed by atoms with E-state index in [4.69, 9.17) is 4.74 Å². The predicted octanol–water partition coefficient (Wildman–Crippen LogP) is 1.35. The smallest absolute Gasteiger partial charge is 0.380 e. The van der Waals surface area contributed by atoms with E-state index in [9.17, 15) is 18.0 Å². The lowest BCUT2D eigenvalue weighted by Gasteiger charge is -2.04. The van der Waals surface area contributed by atoms with Crippen molar-refractivity contribution in [2.24, 2.45) is 0 Å². The predicted molar refractivity (Wildman–Crippen MR) is 74.4 cm³/mol. The highest BCUT2D eigenvalue weighted by Crippen LogP contribution is 2.40. The van der Waals surface area contributed by atoms with Crippen molar-refractivity contribution < 1.29 is 27.5 Å². The third-order valence-corrected chi connectivity index (χ3v) is 5.10. The Morgan fingerprint density at radius 3 is 2.48 bits per heavy atom. The maximum absolute atomic E-state index is 12.5. The topological polar surface area (TPSA) is 86.7 Å². The van der Waals surface area contributed by atoms with Crippen LogP contribution >= 0.6 is 0 Å². The minimum absolute atomic E-state index is 0.00226. The number of allylic oxidation sites excluding steroid dienone is 1. The van der Waals surface area contributed by atoms with Crippen LogP contribution in [0.5, 0.6) is 5.75 Å². The Hall–Kier alpha value is -2.15. The number of ether oxygens (including phenoxy) is 2. The molecule has 112 valence electrons. The molecular weight excluding hydrogens is 296 g/mol. The number of sulfone groups is 1. The van der Waals surface area contributed by atoms with Crippen LogP contribution in [0.2, 0.25) is 0 Å². The van der Waals surface area contributed by atoms with E-state index in [1.807, 2.05) is 0 Å². The van der Waals surface area contributed by atoms with E-state index < -0.39 is 26.5 Å². The zero-order valence-electron chi connectivity index (χ0n) is 11.8. The molecule has 0 amide bonds. The lowest BCUT2D eigenvalue weighted by atomic mass is 10.1. The third-order valence-electron chi connectivity index (χ3n) is 3.16. The fraction of sp³-hybridized carbons (Fsp3) is 0.286. The normalized spacial score (nSPS) is 15.6. The number of ketones is 1. The van der Waals surface area contributed by atoms with E-state index in [1.54, 1.807) is 12.1 Å². The number of Topliss-reactive ketones (excluding diaryl/α,β-unsaturated/α-hetero) is 1. The van der Waals surface area contributed by atoms with Crippen LogP contribution in [-0.2, 0) is 24.2 Å². The van der Waals surface area contributed by atoms with Crippen molar-refractivity contribution >= 4 is 27.2 Å². The van der Waals surface area contributed by atoms with E-state index in [1.165, 1.54) is 27.0 Å². The molecule has 0 fully saturated rings. The summed E-state index contributed by atoms with van der Waals surface area (Å²) in [6.07, 6.45) is 0. The van der Waals surface area contributed by atoms with Gasteiger partial charge < -0.3 is 9.47 Å². The second kappa shape index (κ2) is 5.33. The fourth-order valence-electron chi connectivity index (χ4n) is 2.18.